The lowest BCUT2D eigenvalue weighted by atomic mass is 10.2. The van der Waals surface area contributed by atoms with E-state index in [1.54, 1.807) is 4.68 Å². The summed E-state index contributed by atoms with van der Waals surface area (Å²) in [5, 5.41) is 11.3. The number of tetrazole rings is 1. The second-order valence-electron chi connectivity index (χ2n) is 3.13. The molecule has 0 aliphatic heterocycles. The molecular weight excluding hydrogens is 279 g/mol. The van der Waals surface area contributed by atoms with Crippen LogP contribution in [0.15, 0.2) is 22.7 Å². The van der Waals surface area contributed by atoms with Crippen molar-refractivity contribution < 1.29 is 0 Å². The molecule has 1 heterocycles. The summed E-state index contributed by atoms with van der Waals surface area (Å²) in [6.45, 7) is 2.01. The molecule has 0 atom stereocenters. The van der Waals surface area contributed by atoms with Crippen molar-refractivity contribution in [2.45, 2.75) is 12.8 Å². The maximum absolute atomic E-state index is 5.73. The number of benzene rings is 1. The highest BCUT2D eigenvalue weighted by Gasteiger charge is 2.07. The van der Waals surface area contributed by atoms with Crippen molar-refractivity contribution >= 4 is 27.5 Å². The van der Waals surface area contributed by atoms with Crippen molar-refractivity contribution in [2.75, 3.05) is 0 Å². The van der Waals surface area contributed by atoms with Crippen molar-refractivity contribution in [1.82, 2.24) is 20.2 Å². The van der Waals surface area contributed by atoms with Gasteiger partial charge in [0.25, 0.3) is 0 Å². The molecule has 0 amide bonds. The maximum Gasteiger partial charge on any atom is 0.171 e. The van der Waals surface area contributed by atoms with Crippen LogP contribution in [-0.2, 0) is 5.88 Å². The zero-order valence-electron chi connectivity index (χ0n) is 7.98. The Hall–Kier alpha value is -0.940. The Labute approximate surface area is 100 Å². The number of rotatable bonds is 2. The summed E-state index contributed by atoms with van der Waals surface area (Å²) in [6, 6.07) is 5.96. The highest BCUT2D eigenvalue weighted by molar-refractivity contribution is 9.10. The molecular formula is C9H8BrClN4. The molecule has 1 aromatic heterocycles. The third-order valence-electron chi connectivity index (χ3n) is 1.93. The first-order chi connectivity index (χ1) is 7.20. The van der Waals surface area contributed by atoms with E-state index in [1.165, 1.54) is 0 Å². The molecule has 0 fully saturated rings. The van der Waals surface area contributed by atoms with E-state index in [1.807, 2.05) is 25.1 Å². The van der Waals surface area contributed by atoms with E-state index in [9.17, 15) is 0 Å². The van der Waals surface area contributed by atoms with Crippen LogP contribution in [0.25, 0.3) is 5.69 Å². The lowest BCUT2D eigenvalue weighted by Gasteiger charge is -2.04. The van der Waals surface area contributed by atoms with Crippen molar-refractivity contribution in [3.63, 3.8) is 0 Å². The van der Waals surface area contributed by atoms with Crippen LogP contribution in [0.4, 0.5) is 0 Å². The zero-order valence-corrected chi connectivity index (χ0v) is 10.3. The van der Waals surface area contributed by atoms with E-state index in [4.69, 9.17) is 11.6 Å². The molecule has 78 valence electrons. The van der Waals surface area contributed by atoms with Crippen molar-refractivity contribution in [1.29, 1.82) is 0 Å². The molecule has 6 heteroatoms. The lowest BCUT2D eigenvalue weighted by molar-refractivity contribution is 0.776. The normalized spacial score (nSPS) is 10.6. The van der Waals surface area contributed by atoms with E-state index in [0.29, 0.717) is 11.7 Å². The smallest absolute Gasteiger partial charge is 0.171 e. The predicted octanol–water partition coefficient (Wildman–Crippen LogP) is 2.47. The average Bonchev–Trinajstić information content (AvgIpc) is 2.63. The second-order valence-corrected chi connectivity index (χ2v) is 4.31. The van der Waals surface area contributed by atoms with E-state index in [0.717, 1.165) is 15.7 Å². The lowest BCUT2D eigenvalue weighted by Crippen LogP contribution is -2.01. The van der Waals surface area contributed by atoms with Crippen LogP contribution in [0, 0.1) is 6.92 Å². The van der Waals surface area contributed by atoms with Crippen molar-refractivity contribution in [3.8, 4) is 5.69 Å². The molecule has 4 nitrogen and oxygen atoms in total. The summed E-state index contributed by atoms with van der Waals surface area (Å²) in [5.41, 5.74) is 2.04. The first-order valence-corrected chi connectivity index (χ1v) is 5.64. The summed E-state index contributed by atoms with van der Waals surface area (Å²) in [5.74, 6) is 0.924. The minimum atomic E-state index is 0.290. The highest BCUT2D eigenvalue weighted by Crippen LogP contribution is 2.18. The molecule has 0 bridgehead atoms. The van der Waals surface area contributed by atoms with Crippen molar-refractivity contribution in [2.24, 2.45) is 0 Å². The van der Waals surface area contributed by atoms with Crippen LogP contribution in [0.5, 0.6) is 0 Å². The Morgan fingerprint density at radius 1 is 1.40 bits per heavy atom. The molecule has 0 aliphatic carbocycles. The van der Waals surface area contributed by atoms with E-state index >= 15 is 0 Å². The van der Waals surface area contributed by atoms with Crippen LogP contribution in [-0.4, -0.2) is 20.2 Å². The van der Waals surface area contributed by atoms with Crippen LogP contribution in [0.3, 0.4) is 0 Å². The summed E-state index contributed by atoms with van der Waals surface area (Å²) in [4.78, 5) is 0. The summed E-state index contributed by atoms with van der Waals surface area (Å²) in [7, 11) is 0. The number of aryl methyl sites for hydroxylation is 1. The monoisotopic (exact) mass is 286 g/mol. The van der Waals surface area contributed by atoms with Crippen LogP contribution >= 0.6 is 27.5 Å². The van der Waals surface area contributed by atoms with Crippen LogP contribution < -0.4 is 0 Å². The highest BCUT2D eigenvalue weighted by atomic mass is 79.9. The fourth-order valence-corrected chi connectivity index (χ4v) is 2.09. The van der Waals surface area contributed by atoms with Gasteiger partial charge in [0.15, 0.2) is 5.82 Å². The van der Waals surface area contributed by atoms with Gasteiger partial charge >= 0.3 is 0 Å². The SMILES string of the molecule is Cc1cc(Br)cc(-n2nnnc2CCl)c1. The van der Waals surface area contributed by atoms with Gasteiger partial charge < -0.3 is 0 Å². The number of aromatic nitrogens is 4. The fourth-order valence-electron chi connectivity index (χ4n) is 1.33. The Morgan fingerprint density at radius 2 is 2.20 bits per heavy atom. The van der Waals surface area contributed by atoms with Gasteiger partial charge in [-0.05, 0) is 41.1 Å². The first-order valence-electron chi connectivity index (χ1n) is 4.31. The van der Waals surface area contributed by atoms with Crippen molar-refractivity contribution in [3.05, 3.63) is 34.1 Å². The average molecular weight is 288 g/mol. The second kappa shape index (κ2) is 4.28. The van der Waals surface area contributed by atoms with Gasteiger partial charge in [-0.2, -0.15) is 4.68 Å². The van der Waals surface area contributed by atoms with Gasteiger partial charge in [-0.3, -0.25) is 0 Å². The van der Waals surface area contributed by atoms with Gasteiger partial charge in [-0.1, -0.05) is 15.9 Å². The number of alkyl halides is 1. The van der Waals surface area contributed by atoms with Gasteiger partial charge in [-0.25, -0.2) is 0 Å². The quantitative estimate of drug-likeness (QED) is 0.797. The molecule has 2 rings (SSSR count). The number of hydrogen-bond donors (Lipinski definition) is 0. The van der Waals surface area contributed by atoms with E-state index < -0.39 is 0 Å². The van der Waals surface area contributed by atoms with Gasteiger partial charge in [0.2, 0.25) is 0 Å². The Bertz CT molecular complexity index is 462. The Balaban J connectivity index is 2.53. The third-order valence-corrected chi connectivity index (χ3v) is 2.62. The summed E-state index contributed by atoms with van der Waals surface area (Å²) < 4.78 is 2.62. The minimum absolute atomic E-state index is 0.290. The first kappa shape index (κ1) is 10.6. The number of hydrogen-bond acceptors (Lipinski definition) is 3. The van der Waals surface area contributed by atoms with Gasteiger partial charge in [-0.15, -0.1) is 16.7 Å². The molecule has 0 spiro atoms. The molecule has 0 unspecified atom stereocenters. The van der Waals surface area contributed by atoms with Gasteiger partial charge in [0.1, 0.15) is 0 Å². The number of nitrogens with zero attached hydrogens (tertiary/aromatic N) is 4. The molecule has 1 aromatic carbocycles. The van der Waals surface area contributed by atoms with Gasteiger partial charge in [0, 0.05) is 4.47 Å². The largest absolute Gasteiger partial charge is 0.196 e. The van der Waals surface area contributed by atoms with Crippen LogP contribution in [0.1, 0.15) is 11.4 Å². The van der Waals surface area contributed by atoms with Crippen LogP contribution in [0.2, 0.25) is 0 Å². The topological polar surface area (TPSA) is 43.6 Å². The van der Waals surface area contributed by atoms with E-state index in [2.05, 4.69) is 31.5 Å². The molecule has 0 aliphatic rings. The molecule has 0 saturated carbocycles. The Morgan fingerprint density at radius 3 is 2.87 bits per heavy atom. The Kier molecular flexibility index (Phi) is 3.02. The fraction of sp³-hybridized carbons (Fsp3) is 0.222. The third kappa shape index (κ3) is 2.18. The molecule has 0 N–H and O–H groups in total. The van der Waals surface area contributed by atoms with Gasteiger partial charge in [0.05, 0.1) is 11.6 Å². The molecule has 2 aromatic rings. The summed E-state index contributed by atoms with van der Waals surface area (Å²) in [6.07, 6.45) is 0. The standard InChI is InChI=1S/C9H8BrClN4/c1-6-2-7(10)4-8(3-6)15-9(5-11)12-13-14-15/h2-4H,5H2,1H3. The molecule has 0 saturated heterocycles. The molecule has 0 radical (unpaired) electrons. The maximum atomic E-state index is 5.73. The minimum Gasteiger partial charge on any atom is -0.196 e. The number of halogens is 2. The summed E-state index contributed by atoms with van der Waals surface area (Å²) >= 11 is 9.16. The predicted molar refractivity (Wildman–Crippen MR) is 61.1 cm³/mol. The molecule has 15 heavy (non-hydrogen) atoms. The zero-order chi connectivity index (χ0) is 10.8. The van der Waals surface area contributed by atoms with E-state index in [-0.39, 0.29) is 0 Å².